The monoisotopic (exact) mass is 652 g/mol. The van der Waals surface area contributed by atoms with Crippen molar-refractivity contribution in [2.45, 2.75) is 72.3 Å². The Kier molecular flexibility index (Phi) is 11.6. The number of para-hydroxylation sites is 1. The number of carbonyl (C=O) groups is 2. The van der Waals surface area contributed by atoms with Crippen LogP contribution < -0.4 is 10.1 Å². The Morgan fingerprint density at radius 2 is 1.62 bits per heavy atom. The van der Waals surface area contributed by atoms with Gasteiger partial charge in [-0.25, -0.2) is 13.6 Å². The van der Waals surface area contributed by atoms with Gasteiger partial charge in [0.2, 0.25) is 0 Å². The lowest BCUT2D eigenvalue weighted by atomic mass is 9.76. The number of carboxylic acids is 1. The van der Waals surface area contributed by atoms with E-state index in [0.717, 1.165) is 24.2 Å². The van der Waals surface area contributed by atoms with E-state index in [0.29, 0.717) is 36.6 Å². The fourth-order valence-corrected chi connectivity index (χ4v) is 5.78. The molecule has 1 amide bonds. The Labute approximate surface area is 276 Å². The Morgan fingerprint density at radius 3 is 2.26 bits per heavy atom. The van der Waals surface area contributed by atoms with Crippen molar-refractivity contribution in [3.05, 3.63) is 88.7 Å². The van der Waals surface area contributed by atoms with E-state index in [4.69, 9.17) is 14.2 Å². The van der Waals surface area contributed by atoms with Crippen molar-refractivity contribution >= 4 is 12.1 Å². The molecular weight excluding hydrogens is 606 g/mol. The number of carboxylic acid groups (broad SMARTS) is 1. The molecule has 0 bridgehead atoms. The predicted molar refractivity (Wildman–Crippen MR) is 177 cm³/mol. The molecule has 254 valence electrons. The summed E-state index contributed by atoms with van der Waals surface area (Å²) in [5.41, 5.74) is 1.70. The maximum absolute atomic E-state index is 16.2. The largest absolute Gasteiger partial charge is 0.489 e. The fraction of sp³-hybridized carbons (Fsp3) is 0.459. The molecule has 0 radical (unpaired) electrons. The number of ether oxygens (including phenoxy) is 3. The molecule has 47 heavy (non-hydrogen) atoms. The third-order valence-corrected chi connectivity index (χ3v) is 7.86. The summed E-state index contributed by atoms with van der Waals surface area (Å²) in [4.78, 5) is 27.0. The standard InChI is InChI=1S/C37H46F2N2O6/c1-36(2,3)32(34(42)43)29-10-7-8-13-31(29)46-23-25-18-24(22-41-14-16-45-17-15-41)19-26(20-25)27-11-9-12-28(33(27)39)30(21-38)40-35(44)47-37(4,5)6/h7-13,18-20,30,32H,14-17,21-23H2,1-6H3,(H,40,44)(H,42,43). The van der Waals surface area contributed by atoms with Gasteiger partial charge >= 0.3 is 12.1 Å². The van der Waals surface area contributed by atoms with Gasteiger partial charge in [0, 0.05) is 36.3 Å². The second kappa shape index (κ2) is 15.3. The maximum atomic E-state index is 16.2. The topological polar surface area (TPSA) is 97.3 Å². The van der Waals surface area contributed by atoms with Crippen molar-refractivity contribution < 1.29 is 37.7 Å². The second-order valence-corrected chi connectivity index (χ2v) is 14.0. The van der Waals surface area contributed by atoms with E-state index >= 15 is 4.39 Å². The fourth-order valence-electron chi connectivity index (χ4n) is 5.78. The van der Waals surface area contributed by atoms with E-state index in [-0.39, 0.29) is 17.7 Å². The van der Waals surface area contributed by atoms with Crippen molar-refractivity contribution in [3.8, 4) is 16.9 Å². The zero-order valence-electron chi connectivity index (χ0n) is 28.1. The molecule has 1 saturated heterocycles. The molecule has 4 rings (SSSR count). The highest BCUT2D eigenvalue weighted by atomic mass is 19.1. The molecule has 2 atom stereocenters. The van der Waals surface area contributed by atoms with Gasteiger partial charge in [0.15, 0.2) is 0 Å². The second-order valence-electron chi connectivity index (χ2n) is 14.0. The van der Waals surface area contributed by atoms with E-state index in [1.165, 1.54) is 6.07 Å². The van der Waals surface area contributed by atoms with Gasteiger partial charge in [0.05, 0.1) is 25.2 Å². The number of alkyl halides is 1. The van der Waals surface area contributed by atoms with Gasteiger partial charge in [-0.2, -0.15) is 0 Å². The third-order valence-electron chi connectivity index (χ3n) is 7.86. The minimum Gasteiger partial charge on any atom is -0.489 e. The Morgan fingerprint density at radius 1 is 0.957 bits per heavy atom. The zero-order valence-corrected chi connectivity index (χ0v) is 28.1. The third kappa shape index (κ3) is 9.74. The highest BCUT2D eigenvalue weighted by molar-refractivity contribution is 5.78. The van der Waals surface area contributed by atoms with Gasteiger partial charge in [-0.3, -0.25) is 9.69 Å². The summed E-state index contributed by atoms with van der Waals surface area (Å²) in [6.07, 6.45) is -0.839. The van der Waals surface area contributed by atoms with Crippen molar-refractivity contribution in [2.24, 2.45) is 5.41 Å². The molecule has 10 heteroatoms. The number of aliphatic carboxylic acids is 1. The first-order valence-electron chi connectivity index (χ1n) is 15.9. The molecule has 3 aromatic rings. The number of hydrogen-bond donors (Lipinski definition) is 2. The van der Waals surface area contributed by atoms with Gasteiger partial charge < -0.3 is 24.6 Å². The number of nitrogens with one attached hydrogen (secondary N) is 1. The first-order chi connectivity index (χ1) is 22.2. The summed E-state index contributed by atoms with van der Waals surface area (Å²) in [5, 5.41) is 12.5. The van der Waals surface area contributed by atoms with Crippen LogP contribution in [0, 0.1) is 11.2 Å². The van der Waals surface area contributed by atoms with Gasteiger partial charge in [-0.15, -0.1) is 0 Å². The van der Waals surface area contributed by atoms with Crippen LogP contribution in [-0.2, 0) is 27.4 Å². The number of alkyl carbamates (subject to hydrolysis) is 1. The Bertz CT molecular complexity index is 1540. The normalized spacial score (nSPS) is 15.5. The van der Waals surface area contributed by atoms with Gasteiger partial charge in [-0.05, 0) is 61.1 Å². The molecule has 2 unspecified atom stereocenters. The Balaban J connectivity index is 1.69. The summed E-state index contributed by atoms with van der Waals surface area (Å²) in [5.74, 6) is -1.92. The van der Waals surface area contributed by atoms with Gasteiger partial charge in [0.25, 0.3) is 0 Å². The molecule has 8 nitrogen and oxygen atoms in total. The van der Waals surface area contributed by atoms with Crippen LogP contribution in [0.5, 0.6) is 5.75 Å². The number of nitrogens with zero attached hydrogens (tertiary/aromatic N) is 1. The number of hydrogen-bond acceptors (Lipinski definition) is 6. The molecule has 0 aromatic heterocycles. The van der Waals surface area contributed by atoms with Crippen LogP contribution in [0.25, 0.3) is 11.1 Å². The molecule has 1 fully saturated rings. The van der Waals surface area contributed by atoms with Crippen LogP contribution in [0.2, 0.25) is 0 Å². The quantitative estimate of drug-likeness (QED) is 0.220. The molecule has 1 aliphatic heterocycles. The van der Waals surface area contributed by atoms with Gasteiger partial charge in [0.1, 0.15) is 30.4 Å². The van der Waals surface area contributed by atoms with E-state index in [1.807, 2.05) is 39.0 Å². The van der Waals surface area contributed by atoms with Crippen molar-refractivity contribution in [1.29, 1.82) is 0 Å². The summed E-state index contributed by atoms with van der Waals surface area (Å²) >= 11 is 0. The molecule has 3 aromatic carbocycles. The smallest absolute Gasteiger partial charge is 0.408 e. The summed E-state index contributed by atoms with van der Waals surface area (Å²) < 4.78 is 47.5. The molecule has 2 N–H and O–H groups in total. The summed E-state index contributed by atoms with van der Waals surface area (Å²) in [6, 6.07) is 16.3. The van der Waals surface area contributed by atoms with Gasteiger partial charge in [-0.1, -0.05) is 63.2 Å². The lowest BCUT2D eigenvalue weighted by Gasteiger charge is -2.29. The maximum Gasteiger partial charge on any atom is 0.408 e. The molecule has 1 aliphatic rings. The summed E-state index contributed by atoms with van der Waals surface area (Å²) in [7, 11) is 0. The molecular formula is C37H46F2N2O6. The van der Waals surface area contributed by atoms with Crippen molar-refractivity contribution in [2.75, 3.05) is 33.0 Å². The van der Waals surface area contributed by atoms with Crippen LogP contribution in [0.4, 0.5) is 13.6 Å². The predicted octanol–water partition coefficient (Wildman–Crippen LogP) is 7.65. The number of rotatable bonds is 11. The Hall–Kier alpha value is -4.02. The minimum absolute atomic E-state index is 0.00283. The average molecular weight is 653 g/mol. The molecule has 0 spiro atoms. The first kappa shape index (κ1) is 35.8. The number of amides is 1. The van der Waals surface area contributed by atoms with E-state index in [2.05, 4.69) is 10.2 Å². The number of halogens is 2. The van der Waals surface area contributed by atoms with Crippen molar-refractivity contribution in [1.82, 2.24) is 10.2 Å². The van der Waals surface area contributed by atoms with E-state index in [1.54, 1.807) is 57.2 Å². The van der Waals surface area contributed by atoms with Crippen LogP contribution in [-0.4, -0.2) is 60.6 Å². The van der Waals surface area contributed by atoms with Crippen LogP contribution in [0.1, 0.15) is 75.8 Å². The highest BCUT2D eigenvalue weighted by Crippen LogP contribution is 2.40. The number of carbonyl (C=O) groups excluding carboxylic acids is 1. The lowest BCUT2D eigenvalue weighted by Crippen LogP contribution is -2.36. The SMILES string of the molecule is CC(C)(C)OC(=O)NC(CF)c1cccc(-c2cc(COc3ccccc3C(C(=O)O)C(C)(C)C)cc(CN3CCOCC3)c2)c1F. The zero-order chi connectivity index (χ0) is 34.4. The minimum atomic E-state index is -1.24. The number of benzene rings is 3. The molecule has 0 aliphatic carbocycles. The van der Waals surface area contributed by atoms with E-state index < -0.39 is 47.5 Å². The highest BCUT2D eigenvalue weighted by Gasteiger charge is 2.35. The first-order valence-corrected chi connectivity index (χ1v) is 15.9. The van der Waals surface area contributed by atoms with E-state index in [9.17, 15) is 19.1 Å². The molecule has 0 saturated carbocycles. The lowest BCUT2D eigenvalue weighted by molar-refractivity contribution is -0.141. The van der Waals surface area contributed by atoms with Crippen molar-refractivity contribution in [3.63, 3.8) is 0 Å². The molecule has 1 heterocycles. The van der Waals surface area contributed by atoms with Crippen LogP contribution in [0.15, 0.2) is 60.7 Å². The number of morpholine rings is 1. The average Bonchev–Trinajstić information content (AvgIpc) is 2.98. The van der Waals surface area contributed by atoms with Crippen LogP contribution in [0.3, 0.4) is 0 Å². The van der Waals surface area contributed by atoms with Crippen LogP contribution >= 0.6 is 0 Å². The summed E-state index contributed by atoms with van der Waals surface area (Å²) in [6.45, 7) is 13.1.